The van der Waals surface area contributed by atoms with E-state index >= 15 is 0 Å². The minimum absolute atomic E-state index is 0.221. The Morgan fingerprint density at radius 1 is 1.48 bits per heavy atom. The van der Waals surface area contributed by atoms with Gasteiger partial charge < -0.3 is 15.2 Å². The van der Waals surface area contributed by atoms with Gasteiger partial charge in [-0.25, -0.2) is 4.79 Å². The van der Waals surface area contributed by atoms with Crippen LogP contribution in [0.4, 0.5) is 4.79 Å². The first kappa shape index (κ1) is 14.2. The number of cyclic esters (lactones) is 1. The molecule has 0 aliphatic carbocycles. The second-order valence-corrected chi connectivity index (χ2v) is 6.21. The lowest BCUT2D eigenvalue weighted by molar-refractivity contribution is 0.0121. The van der Waals surface area contributed by atoms with Gasteiger partial charge in [0.2, 0.25) is 0 Å². The molecule has 2 N–H and O–H groups in total. The predicted octanol–water partition coefficient (Wildman–Crippen LogP) is 2.10. The summed E-state index contributed by atoms with van der Waals surface area (Å²) in [6.07, 6.45) is 1.92. The van der Waals surface area contributed by atoms with Gasteiger partial charge in [0.25, 0.3) is 0 Å². The topological polar surface area (TPSA) is 61.8 Å². The Kier molecular flexibility index (Phi) is 3.76. The standard InChI is InChI=1S/C16H22N2O3/c1-16(13-6-4-8-17-9-13)11-18(15(20)21-16)10-12-5-2-3-7-14(12)19/h2-3,5,7,13,17,19H,4,6,8-11H2,1H3. The summed E-state index contributed by atoms with van der Waals surface area (Å²) in [6.45, 7) is 4.93. The first-order valence-electron chi connectivity index (χ1n) is 7.54. The van der Waals surface area contributed by atoms with Gasteiger partial charge in [0.1, 0.15) is 11.4 Å². The van der Waals surface area contributed by atoms with Crippen molar-refractivity contribution in [2.45, 2.75) is 31.9 Å². The molecule has 5 heteroatoms. The lowest BCUT2D eigenvalue weighted by atomic mass is 9.83. The molecule has 2 heterocycles. The zero-order valence-electron chi connectivity index (χ0n) is 12.3. The van der Waals surface area contributed by atoms with E-state index in [2.05, 4.69) is 5.32 Å². The largest absolute Gasteiger partial charge is 0.508 e. The van der Waals surface area contributed by atoms with Crippen molar-refractivity contribution in [1.29, 1.82) is 0 Å². The van der Waals surface area contributed by atoms with Crippen molar-refractivity contribution in [1.82, 2.24) is 10.2 Å². The number of benzene rings is 1. The van der Waals surface area contributed by atoms with Gasteiger partial charge in [-0.05, 0) is 32.4 Å². The Hall–Kier alpha value is -1.75. The van der Waals surface area contributed by atoms with Crippen molar-refractivity contribution in [2.75, 3.05) is 19.6 Å². The molecule has 0 radical (unpaired) electrons. The van der Waals surface area contributed by atoms with Crippen LogP contribution in [0.3, 0.4) is 0 Å². The highest BCUT2D eigenvalue weighted by atomic mass is 16.6. The molecule has 2 unspecified atom stereocenters. The third-order valence-corrected chi connectivity index (χ3v) is 4.60. The van der Waals surface area contributed by atoms with E-state index in [1.54, 1.807) is 17.0 Å². The van der Waals surface area contributed by atoms with Gasteiger partial charge in [-0.1, -0.05) is 18.2 Å². The fourth-order valence-corrected chi connectivity index (χ4v) is 3.30. The molecule has 1 aromatic rings. The van der Waals surface area contributed by atoms with E-state index in [4.69, 9.17) is 4.74 Å². The molecule has 2 aliphatic heterocycles. The Bertz CT molecular complexity index is 528. The maximum atomic E-state index is 12.1. The van der Waals surface area contributed by atoms with E-state index < -0.39 is 5.60 Å². The molecular weight excluding hydrogens is 268 g/mol. The molecule has 0 bridgehead atoms. The number of para-hydroxylation sites is 1. The number of nitrogens with one attached hydrogen (secondary N) is 1. The fraction of sp³-hybridized carbons (Fsp3) is 0.562. The molecule has 114 valence electrons. The summed E-state index contributed by atoms with van der Waals surface area (Å²) in [5.41, 5.74) is 0.315. The molecule has 1 amide bonds. The SMILES string of the molecule is CC1(C2CCCNC2)CN(Cc2ccccc2O)C(=O)O1. The average Bonchev–Trinajstić information content (AvgIpc) is 2.78. The number of phenolic OH excluding ortho intramolecular Hbond substituents is 1. The van der Waals surface area contributed by atoms with E-state index in [1.807, 2.05) is 19.1 Å². The molecule has 0 aromatic heterocycles. The summed E-state index contributed by atoms with van der Waals surface area (Å²) in [6, 6.07) is 7.11. The van der Waals surface area contributed by atoms with Gasteiger partial charge in [-0.15, -0.1) is 0 Å². The van der Waals surface area contributed by atoms with Crippen molar-refractivity contribution in [3.63, 3.8) is 0 Å². The minimum Gasteiger partial charge on any atom is -0.508 e. The number of rotatable bonds is 3. The smallest absolute Gasteiger partial charge is 0.410 e. The van der Waals surface area contributed by atoms with Gasteiger partial charge >= 0.3 is 6.09 Å². The average molecular weight is 290 g/mol. The van der Waals surface area contributed by atoms with Crippen LogP contribution in [0.25, 0.3) is 0 Å². The molecule has 1 aromatic carbocycles. The first-order chi connectivity index (χ1) is 10.1. The summed E-state index contributed by atoms with van der Waals surface area (Å²) < 4.78 is 5.68. The van der Waals surface area contributed by atoms with Gasteiger partial charge in [0, 0.05) is 18.0 Å². The lowest BCUT2D eigenvalue weighted by Gasteiger charge is -2.34. The highest BCUT2D eigenvalue weighted by Gasteiger charge is 2.47. The molecule has 5 nitrogen and oxygen atoms in total. The number of amides is 1. The summed E-state index contributed by atoms with van der Waals surface area (Å²) in [4.78, 5) is 13.8. The number of hydrogen-bond acceptors (Lipinski definition) is 4. The molecular formula is C16H22N2O3. The Morgan fingerprint density at radius 3 is 3.00 bits per heavy atom. The fourth-order valence-electron chi connectivity index (χ4n) is 3.30. The van der Waals surface area contributed by atoms with E-state index in [0.29, 0.717) is 19.0 Å². The highest BCUT2D eigenvalue weighted by Crippen LogP contribution is 2.35. The van der Waals surface area contributed by atoms with Crippen LogP contribution >= 0.6 is 0 Å². The lowest BCUT2D eigenvalue weighted by Crippen LogP contribution is -2.46. The summed E-state index contributed by atoms with van der Waals surface area (Å²) in [5.74, 6) is 0.572. The molecule has 21 heavy (non-hydrogen) atoms. The molecule has 0 saturated carbocycles. The quantitative estimate of drug-likeness (QED) is 0.895. The zero-order valence-corrected chi connectivity index (χ0v) is 12.3. The highest BCUT2D eigenvalue weighted by molar-refractivity contribution is 5.71. The monoisotopic (exact) mass is 290 g/mol. The maximum Gasteiger partial charge on any atom is 0.410 e. The van der Waals surface area contributed by atoms with Crippen molar-refractivity contribution in [3.8, 4) is 5.75 Å². The summed E-state index contributed by atoms with van der Waals surface area (Å²) in [7, 11) is 0. The molecule has 2 atom stereocenters. The molecule has 2 fully saturated rings. The molecule has 0 spiro atoms. The van der Waals surface area contributed by atoms with Gasteiger partial charge in [-0.3, -0.25) is 4.90 Å². The Labute approximate surface area is 124 Å². The Morgan fingerprint density at radius 2 is 2.29 bits per heavy atom. The predicted molar refractivity (Wildman–Crippen MR) is 79.0 cm³/mol. The van der Waals surface area contributed by atoms with Crippen LogP contribution in [-0.4, -0.2) is 41.3 Å². The van der Waals surface area contributed by atoms with E-state index in [0.717, 1.165) is 31.5 Å². The summed E-state index contributed by atoms with van der Waals surface area (Å²) in [5, 5.41) is 13.2. The second-order valence-electron chi connectivity index (χ2n) is 6.21. The zero-order chi connectivity index (χ0) is 14.9. The van der Waals surface area contributed by atoms with Gasteiger partial charge in [-0.2, -0.15) is 0 Å². The van der Waals surface area contributed by atoms with Crippen LogP contribution in [0.5, 0.6) is 5.75 Å². The molecule has 2 saturated heterocycles. The first-order valence-corrected chi connectivity index (χ1v) is 7.54. The van der Waals surface area contributed by atoms with E-state index in [-0.39, 0.29) is 11.8 Å². The third kappa shape index (κ3) is 2.83. The number of carbonyl (C=O) groups excluding carboxylic acids is 1. The van der Waals surface area contributed by atoms with E-state index in [9.17, 15) is 9.90 Å². The van der Waals surface area contributed by atoms with Gasteiger partial charge in [0.15, 0.2) is 0 Å². The molecule has 2 aliphatic rings. The number of ether oxygens (including phenoxy) is 1. The normalized spacial score (nSPS) is 29.5. The number of phenols is 1. The third-order valence-electron chi connectivity index (χ3n) is 4.60. The number of aromatic hydroxyl groups is 1. The van der Waals surface area contributed by atoms with Crippen molar-refractivity contribution in [3.05, 3.63) is 29.8 Å². The van der Waals surface area contributed by atoms with Crippen LogP contribution in [0.2, 0.25) is 0 Å². The van der Waals surface area contributed by atoms with Crippen molar-refractivity contribution in [2.24, 2.45) is 5.92 Å². The summed E-state index contributed by atoms with van der Waals surface area (Å²) >= 11 is 0. The van der Waals surface area contributed by atoms with Crippen LogP contribution in [0.1, 0.15) is 25.3 Å². The second kappa shape index (κ2) is 5.56. The van der Waals surface area contributed by atoms with Crippen molar-refractivity contribution >= 4 is 6.09 Å². The number of piperidine rings is 1. The van der Waals surface area contributed by atoms with Crippen LogP contribution < -0.4 is 5.32 Å². The maximum absolute atomic E-state index is 12.1. The van der Waals surface area contributed by atoms with Crippen LogP contribution in [-0.2, 0) is 11.3 Å². The van der Waals surface area contributed by atoms with Gasteiger partial charge in [0.05, 0.1) is 13.1 Å². The van der Waals surface area contributed by atoms with Crippen LogP contribution in [0, 0.1) is 5.92 Å². The van der Waals surface area contributed by atoms with Crippen molar-refractivity contribution < 1.29 is 14.6 Å². The minimum atomic E-state index is -0.436. The van der Waals surface area contributed by atoms with E-state index in [1.165, 1.54) is 0 Å². The Balaban J connectivity index is 1.71. The number of hydrogen-bond donors (Lipinski definition) is 2. The number of carbonyl (C=O) groups is 1. The molecule has 3 rings (SSSR count). The van der Waals surface area contributed by atoms with Crippen LogP contribution in [0.15, 0.2) is 24.3 Å². The number of nitrogens with zero attached hydrogens (tertiary/aromatic N) is 1.